The highest BCUT2D eigenvalue weighted by Gasteiger charge is 2.19. The van der Waals surface area contributed by atoms with Crippen LogP contribution in [0.5, 0.6) is 0 Å². The summed E-state index contributed by atoms with van der Waals surface area (Å²) in [6.07, 6.45) is 0.991. The molecule has 6 nitrogen and oxygen atoms in total. The van der Waals surface area contributed by atoms with E-state index in [2.05, 4.69) is 28.6 Å². The lowest BCUT2D eigenvalue weighted by atomic mass is 9.98. The Kier molecular flexibility index (Phi) is 6.81. The molecule has 7 heteroatoms. The Bertz CT molecular complexity index is 1230. The number of nitrogens with one attached hydrogen (secondary N) is 2. The van der Waals surface area contributed by atoms with Gasteiger partial charge in [-0.1, -0.05) is 48.5 Å². The fourth-order valence-electron chi connectivity index (χ4n) is 4.08. The van der Waals surface area contributed by atoms with E-state index in [0.717, 1.165) is 30.6 Å². The second-order valence-electron chi connectivity index (χ2n) is 8.61. The summed E-state index contributed by atoms with van der Waals surface area (Å²) in [7, 11) is -1.42. The highest BCUT2D eigenvalue weighted by atomic mass is 32.2. The molecule has 4 rings (SSSR count). The molecule has 0 saturated carbocycles. The quantitative estimate of drug-likeness (QED) is 0.563. The van der Waals surface area contributed by atoms with Crippen molar-refractivity contribution in [2.24, 2.45) is 0 Å². The molecule has 33 heavy (non-hydrogen) atoms. The van der Waals surface area contributed by atoms with Crippen molar-refractivity contribution in [3.8, 4) is 0 Å². The summed E-state index contributed by atoms with van der Waals surface area (Å²) in [6.45, 7) is 3.77. The molecule has 2 amide bonds. The summed E-state index contributed by atoms with van der Waals surface area (Å²) in [5, 5.41) is 5.64. The first-order chi connectivity index (χ1) is 15.8. The smallest absolute Gasteiger partial charge is 0.319 e. The van der Waals surface area contributed by atoms with Gasteiger partial charge in [0.1, 0.15) is 0 Å². The molecule has 2 N–H and O–H groups in total. The number of anilines is 1. The number of benzene rings is 3. The van der Waals surface area contributed by atoms with Crippen molar-refractivity contribution >= 4 is 21.6 Å². The lowest BCUT2D eigenvalue weighted by Gasteiger charge is -2.25. The molecule has 0 spiro atoms. The van der Waals surface area contributed by atoms with E-state index in [9.17, 15) is 13.2 Å². The van der Waals surface area contributed by atoms with E-state index in [1.54, 1.807) is 12.1 Å². The van der Waals surface area contributed by atoms with Crippen LogP contribution in [0, 0.1) is 0 Å². The van der Waals surface area contributed by atoms with Crippen molar-refractivity contribution in [1.29, 1.82) is 0 Å². The van der Waals surface area contributed by atoms with Crippen molar-refractivity contribution in [1.82, 2.24) is 10.2 Å². The Hall–Kier alpha value is -3.16. The van der Waals surface area contributed by atoms with E-state index in [0.29, 0.717) is 5.69 Å². The molecular formula is C26H29N3O3S. The van der Waals surface area contributed by atoms with E-state index in [1.165, 1.54) is 23.3 Å². The molecule has 1 unspecified atom stereocenters. The van der Waals surface area contributed by atoms with Gasteiger partial charge in [-0.25, -0.2) is 13.2 Å². The summed E-state index contributed by atoms with van der Waals surface area (Å²) < 4.78 is 25.9. The Morgan fingerprint density at radius 2 is 1.73 bits per heavy atom. The molecule has 172 valence electrons. The third kappa shape index (κ3) is 5.80. The minimum absolute atomic E-state index is 0.0498. The third-order valence-corrected chi connectivity index (χ3v) is 7.65. The highest BCUT2D eigenvalue weighted by molar-refractivity contribution is 7.90. The summed E-state index contributed by atoms with van der Waals surface area (Å²) >= 11 is 0. The van der Waals surface area contributed by atoms with Crippen LogP contribution in [0.2, 0.25) is 0 Å². The van der Waals surface area contributed by atoms with Gasteiger partial charge in [0.15, 0.2) is 9.84 Å². The molecule has 1 atom stereocenters. The minimum Gasteiger partial charge on any atom is -0.331 e. The number of urea groups is 1. The topological polar surface area (TPSA) is 78.5 Å². The van der Waals surface area contributed by atoms with E-state index in [4.69, 9.17) is 0 Å². The zero-order valence-corrected chi connectivity index (χ0v) is 19.7. The van der Waals surface area contributed by atoms with Crippen LogP contribution in [-0.2, 0) is 28.6 Å². The maximum Gasteiger partial charge on any atom is 0.319 e. The molecule has 3 aromatic carbocycles. The van der Waals surface area contributed by atoms with Crippen LogP contribution < -0.4 is 10.6 Å². The maximum atomic E-state index is 13.0. The second kappa shape index (κ2) is 9.77. The zero-order valence-electron chi connectivity index (χ0n) is 18.9. The fourth-order valence-corrected chi connectivity index (χ4v) is 5.41. The average Bonchev–Trinajstić information content (AvgIpc) is 2.79. The number of nitrogens with zero attached hydrogens (tertiary/aromatic N) is 1. The Balaban J connectivity index is 1.39. The van der Waals surface area contributed by atoms with Crippen LogP contribution in [-0.4, -0.2) is 32.9 Å². The summed E-state index contributed by atoms with van der Waals surface area (Å²) in [4.78, 5) is 14.8. The number of carbonyl (C=O) groups is 1. The number of rotatable bonds is 6. The van der Waals surface area contributed by atoms with Crippen LogP contribution in [0.4, 0.5) is 10.5 Å². The number of sulfone groups is 1. The van der Waals surface area contributed by atoms with Gasteiger partial charge in [-0.15, -0.1) is 0 Å². The van der Waals surface area contributed by atoms with Gasteiger partial charge in [0.05, 0.1) is 16.7 Å². The van der Waals surface area contributed by atoms with Gasteiger partial charge >= 0.3 is 6.03 Å². The standard InChI is InChI=1S/C26H29N3O3S/c1-19(21-6-4-3-5-7-21)27-26(30)28-24-10-12-25(13-11-24)33(31,32)18-20-8-9-22-14-15-29(2)17-23(22)16-20/h3-13,16,19H,14-15,17-18H2,1-2H3,(H2,27,28,30). The molecule has 0 saturated heterocycles. The fraction of sp³-hybridized carbons (Fsp3) is 0.269. The van der Waals surface area contributed by atoms with Crippen molar-refractivity contribution < 1.29 is 13.2 Å². The first kappa shape index (κ1) is 23.0. The predicted octanol–water partition coefficient (Wildman–Crippen LogP) is 4.53. The molecular weight excluding hydrogens is 434 g/mol. The number of hydrogen-bond acceptors (Lipinski definition) is 4. The zero-order chi connectivity index (χ0) is 23.4. The maximum absolute atomic E-state index is 13.0. The molecule has 0 fully saturated rings. The number of carbonyl (C=O) groups excluding carboxylic acids is 1. The van der Waals surface area contributed by atoms with Gasteiger partial charge in [0.25, 0.3) is 0 Å². The predicted molar refractivity (Wildman–Crippen MR) is 131 cm³/mol. The van der Waals surface area contributed by atoms with Crippen LogP contribution in [0.25, 0.3) is 0 Å². The molecule has 1 aliphatic heterocycles. The third-order valence-electron chi connectivity index (χ3n) is 5.95. The SMILES string of the molecule is CC(NC(=O)Nc1ccc(S(=O)(=O)Cc2ccc3c(c2)CN(C)CC3)cc1)c1ccccc1. The molecule has 0 radical (unpaired) electrons. The van der Waals surface area contributed by atoms with Gasteiger partial charge in [0, 0.05) is 18.8 Å². The number of fused-ring (bicyclic) bond motifs is 1. The lowest BCUT2D eigenvalue weighted by molar-refractivity contribution is 0.249. The van der Waals surface area contributed by atoms with Crippen LogP contribution in [0.15, 0.2) is 77.7 Å². The summed E-state index contributed by atoms with van der Waals surface area (Å²) in [5.41, 5.74) is 4.82. The molecule has 3 aromatic rings. The second-order valence-corrected chi connectivity index (χ2v) is 10.6. The van der Waals surface area contributed by atoms with Gasteiger partial charge in [-0.3, -0.25) is 0 Å². The van der Waals surface area contributed by atoms with E-state index >= 15 is 0 Å². The summed E-state index contributed by atoms with van der Waals surface area (Å²) in [5.74, 6) is -0.0498. The van der Waals surface area contributed by atoms with Crippen molar-refractivity contribution in [3.63, 3.8) is 0 Å². The van der Waals surface area contributed by atoms with Crippen LogP contribution >= 0.6 is 0 Å². The monoisotopic (exact) mass is 463 g/mol. The van der Waals surface area contributed by atoms with Gasteiger partial charge in [-0.05, 0) is 66.9 Å². The molecule has 1 heterocycles. The lowest BCUT2D eigenvalue weighted by Crippen LogP contribution is -2.31. The summed E-state index contributed by atoms with van der Waals surface area (Å²) in [6, 6.07) is 21.5. The number of amides is 2. The largest absolute Gasteiger partial charge is 0.331 e. The van der Waals surface area contributed by atoms with Crippen molar-refractivity contribution in [3.05, 3.63) is 95.1 Å². The van der Waals surface area contributed by atoms with E-state index < -0.39 is 9.84 Å². The molecule has 0 aromatic heterocycles. The molecule has 1 aliphatic rings. The van der Waals surface area contributed by atoms with Crippen LogP contribution in [0.3, 0.4) is 0 Å². The Labute approximate surface area is 195 Å². The highest BCUT2D eigenvalue weighted by Crippen LogP contribution is 2.23. The minimum atomic E-state index is -3.50. The Morgan fingerprint density at radius 3 is 2.45 bits per heavy atom. The number of likely N-dealkylation sites (N-methyl/N-ethyl adjacent to an activating group) is 1. The Morgan fingerprint density at radius 1 is 1.00 bits per heavy atom. The molecule has 0 aliphatic carbocycles. The first-order valence-electron chi connectivity index (χ1n) is 11.0. The van der Waals surface area contributed by atoms with Gasteiger partial charge in [-0.2, -0.15) is 0 Å². The van der Waals surface area contributed by atoms with E-state index in [1.807, 2.05) is 49.4 Å². The van der Waals surface area contributed by atoms with Crippen LogP contribution in [0.1, 0.15) is 35.2 Å². The molecule has 0 bridgehead atoms. The van der Waals surface area contributed by atoms with Gasteiger partial charge in [0.2, 0.25) is 0 Å². The van der Waals surface area contributed by atoms with Gasteiger partial charge < -0.3 is 15.5 Å². The normalized spacial score (nSPS) is 14.8. The van der Waals surface area contributed by atoms with E-state index in [-0.39, 0.29) is 22.7 Å². The van der Waals surface area contributed by atoms with Crippen molar-refractivity contribution in [2.75, 3.05) is 18.9 Å². The van der Waals surface area contributed by atoms with Crippen molar-refractivity contribution in [2.45, 2.75) is 36.6 Å². The number of hydrogen-bond donors (Lipinski definition) is 2. The first-order valence-corrected chi connectivity index (χ1v) is 12.7. The average molecular weight is 464 g/mol.